The van der Waals surface area contributed by atoms with Crippen molar-refractivity contribution in [2.24, 2.45) is 0 Å². The quantitative estimate of drug-likeness (QED) is 0.661. The molecule has 0 saturated heterocycles. The maximum absolute atomic E-state index is 11.9. The van der Waals surface area contributed by atoms with Crippen molar-refractivity contribution >= 4 is 15.9 Å². The highest BCUT2D eigenvalue weighted by atomic mass is 79.9. The number of hydrogen-bond donors (Lipinski definition) is 0. The molecule has 0 nitrogen and oxygen atoms in total. The minimum Gasteiger partial charge on any atom is -0.205 e. The smallest absolute Gasteiger partial charge is 0.205 e. The zero-order valence-corrected chi connectivity index (χ0v) is 6.53. The second-order valence-corrected chi connectivity index (χ2v) is 2.68. The van der Waals surface area contributed by atoms with Crippen LogP contribution in [0.4, 0.5) is 8.78 Å². The van der Waals surface area contributed by atoms with Crippen LogP contribution in [-0.4, -0.2) is 0 Å². The Morgan fingerprint density at radius 2 is 2.10 bits per heavy atom. The Morgan fingerprint density at radius 1 is 1.40 bits per heavy atom. The first-order valence-corrected chi connectivity index (χ1v) is 3.45. The molecule has 0 aliphatic rings. The number of benzene rings is 1. The lowest BCUT2D eigenvalue weighted by Gasteiger charge is -1.96. The molecule has 1 radical (unpaired) electrons. The Morgan fingerprint density at radius 3 is 2.50 bits per heavy atom. The van der Waals surface area contributed by atoms with Gasteiger partial charge >= 0.3 is 0 Å². The van der Waals surface area contributed by atoms with E-state index in [9.17, 15) is 8.78 Å². The minimum atomic E-state index is -2.42. The van der Waals surface area contributed by atoms with Crippen molar-refractivity contribution in [3.8, 4) is 0 Å². The molecule has 0 amide bonds. The van der Waals surface area contributed by atoms with E-state index in [-0.39, 0.29) is 5.56 Å². The molecular formula is C7H4BrF2. The molecule has 1 aromatic carbocycles. The molecule has 53 valence electrons. The Balaban J connectivity index is 2.89. The first-order valence-electron chi connectivity index (χ1n) is 2.65. The highest BCUT2D eigenvalue weighted by Crippen LogP contribution is 2.19. The van der Waals surface area contributed by atoms with Gasteiger partial charge in [0.25, 0.3) is 6.43 Å². The summed E-state index contributed by atoms with van der Waals surface area (Å²) >= 11 is 3.12. The van der Waals surface area contributed by atoms with Gasteiger partial charge in [-0.2, -0.15) is 0 Å². The first kappa shape index (κ1) is 7.66. The predicted molar refractivity (Wildman–Crippen MR) is 37.9 cm³/mol. The van der Waals surface area contributed by atoms with Crippen LogP contribution in [0.1, 0.15) is 12.0 Å². The van der Waals surface area contributed by atoms with E-state index in [0.717, 1.165) is 4.47 Å². The highest BCUT2D eigenvalue weighted by Gasteiger charge is 2.04. The molecule has 0 spiro atoms. The van der Waals surface area contributed by atoms with Gasteiger partial charge in [-0.1, -0.05) is 22.0 Å². The summed E-state index contributed by atoms with van der Waals surface area (Å²) in [5.41, 5.74) is -0.0665. The number of halogens is 3. The SMILES string of the molecule is FC(F)c1[c]cc(Br)cc1. The summed E-state index contributed by atoms with van der Waals surface area (Å²) in [6.07, 6.45) is -2.42. The Hall–Kier alpha value is -0.440. The van der Waals surface area contributed by atoms with Gasteiger partial charge < -0.3 is 0 Å². The van der Waals surface area contributed by atoms with Gasteiger partial charge in [-0.05, 0) is 18.2 Å². The molecule has 0 saturated carbocycles. The van der Waals surface area contributed by atoms with Crippen LogP contribution >= 0.6 is 15.9 Å². The zero-order valence-electron chi connectivity index (χ0n) is 4.94. The van der Waals surface area contributed by atoms with Crippen LogP contribution in [0.5, 0.6) is 0 Å². The topological polar surface area (TPSA) is 0 Å². The molecular weight excluding hydrogens is 202 g/mol. The summed E-state index contributed by atoms with van der Waals surface area (Å²) in [5.74, 6) is 0. The third-order valence-electron chi connectivity index (χ3n) is 1.03. The fourth-order valence-electron chi connectivity index (χ4n) is 0.554. The van der Waals surface area contributed by atoms with Gasteiger partial charge in [0.05, 0.1) is 0 Å². The first-order chi connectivity index (χ1) is 4.70. The standard InChI is InChI=1S/C7H4BrF2/c8-6-3-1-5(2-4-6)7(9)10/h1,3-4,7H. The fourth-order valence-corrected chi connectivity index (χ4v) is 0.800. The second kappa shape index (κ2) is 3.10. The van der Waals surface area contributed by atoms with E-state index in [0.29, 0.717) is 0 Å². The van der Waals surface area contributed by atoms with Crippen molar-refractivity contribution in [1.82, 2.24) is 0 Å². The van der Waals surface area contributed by atoms with Crippen LogP contribution in [0.25, 0.3) is 0 Å². The van der Waals surface area contributed by atoms with Crippen molar-refractivity contribution in [2.75, 3.05) is 0 Å². The average Bonchev–Trinajstić information content (AvgIpc) is 1.88. The maximum atomic E-state index is 11.9. The van der Waals surface area contributed by atoms with E-state index in [1.807, 2.05) is 0 Å². The maximum Gasteiger partial charge on any atom is 0.264 e. The Bertz CT molecular complexity index is 205. The molecule has 0 heterocycles. The molecule has 0 atom stereocenters. The summed E-state index contributed by atoms with van der Waals surface area (Å²) in [5, 5.41) is 0. The van der Waals surface area contributed by atoms with Gasteiger partial charge in [0.15, 0.2) is 0 Å². The van der Waals surface area contributed by atoms with Crippen LogP contribution < -0.4 is 0 Å². The van der Waals surface area contributed by atoms with Crippen molar-refractivity contribution < 1.29 is 8.78 Å². The summed E-state index contributed by atoms with van der Waals surface area (Å²) in [4.78, 5) is 0. The van der Waals surface area contributed by atoms with Crippen molar-refractivity contribution in [1.29, 1.82) is 0 Å². The molecule has 0 aromatic heterocycles. The lowest BCUT2D eigenvalue weighted by Crippen LogP contribution is -1.81. The molecule has 1 rings (SSSR count). The lowest BCUT2D eigenvalue weighted by molar-refractivity contribution is 0.151. The van der Waals surface area contributed by atoms with Crippen molar-refractivity contribution in [2.45, 2.75) is 6.43 Å². The molecule has 10 heavy (non-hydrogen) atoms. The van der Waals surface area contributed by atoms with Gasteiger partial charge in [0.1, 0.15) is 0 Å². The molecule has 0 aliphatic carbocycles. The van der Waals surface area contributed by atoms with Gasteiger partial charge in [-0.25, -0.2) is 8.78 Å². The lowest BCUT2D eigenvalue weighted by atomic mass is 10.2. The van der Waals surface area contributed by atoms with E-state index >= 15 is 0 Å². The molecule has 0 fully saturated rings. The van der Waals surface area contributed by atoms with E-state index in [4.69, 9.17) is 0 Å². The van der Waals surface area contributed by atoms with Gasteiger partial charge in [-0.3, -0.25) is 0 Å². The number of rotatable bonds is 1. The summed E-state index contributed by atoms with van der Waals surface area (Å²) in [7, 11) is 0. The molecule has 0 unspecified atom stereocenters. The van der Waals surface area contributed by atoms with E-state index in [1.165, 1.54) is 12.1 Å². The molecule has 0 aliphatic heterocycles. The van der Waals surface area contributed by atoms with Gasteiger partial charge in [0, 0.05) is 10.0 Å². The Labute approximate surface area is 66.0 Å². The largest absolute Gasteiger partial charge is 0.264 e. The van der Waals surface area contributed by atoms with Gasteiger partial charge in [0.2, 0.25) is 0 Å². The highest BCUT2D eigenvalue weighted by molar-refractivity contribution is 9.10. The van der Waals surface area contributed by atoms with Crippen LogP contribution in [0.15, 0.2) is 22.7 Å². The number of alkyl halides is 2. The molecule has 0 bridgehead atoms. The zero-order chi connectivity index (χ0) is 7.56. The second-order valence-electron chi connectivity index (χ2n) is 1.76. The third kappa shape index (κ3) is 1.77. The summed E-state index contributed by atoms with van der Waals surface area (Å²) in [6, 6.07) is 6.82. The fraction of sp³-hybridized carbons (Fsp3) is 0.143. The average molecular weight is 206 g/mol. The van der Waals surface area contributed by atoms with Crippen LogP contribution in [-0.2, 0) is 0 Å². The predicted octanol–water partition coefficient (Wildman–Crippen LogP) is 3.19. The monoisotopic (exact) mass is 205 g/mol. The van der Waals surface area contributed by atoms with Crippen molar-refractivity contribution in [3.05, 3.63) is 34.3 Å². The summed E-state index contributed by atoms with van der Waals surface area (Å²) in [6.45, 7) is 0. The van der Waals surface area contributed by atoms with Crippen LogP contribution in [0.2, 0.25) is 0 Å². The van der Waals surface area contributed by atoms with Gasteiger partial charge in [-0.15, -0.1) is 0 Å². The summed E-state index contributed by atoms with van der Waals surface area (Å²) < 4.78 is 24.5. The van der Waals surface area contributed by atoms with E-state index in [2.05, 4.69) is 22.0 Å². The third-order valence-corrected chi connectivity index (χ3v) is 1.53. The number of hydrogen-bond acceptors (Lipinski definition) is 0. The normalized spacial score (nSPS) is 10.4. The van der Waals surface area contributed by atoms with E-state index < -0.39 is 6.43 Å². The molecule has 1 aromatic rings. The van der Waals surface area contributed by atoms with Crippen molar-refractivity contribution in [3.63, 3.8) is 0 Å². The molecule has 3 heteroatoms. The Kier molecular flexibility index (Phi) is 2.38. The van der Waals surface area contributed by atoms with Crippen LogP contribution in [0.3, 0.4) is 0 Å². The minimum absolute atomic E-state index is 0.0665. The van der Waals surface area contributed by atoms with E-state index in [1.54, 1.807) is 6.07 Å². The van der Waals surface area contributed by atoms with Crippen LogP contribution in [0, 0.1) is 6.07 Å². The molecule has 0 N–H and O–H groups in total.